The minimum absolute atomic E-state index is 0.244. The van der Waals surface area contributed by atoms with Gasteiger partial charge in [0.05, 0.1) is 19.8 Å². The summed E-state index contributed by atoms with van der Waals surface area (Å²) in [6.07, 6.45) is 0.589. The van der Waals surface area contributed by atoms with Gasteiger partial charge in [0.15, 0.2) is 0 Å². The van der Waals surface area contributed by atoms with Gasteiger partial charge in [0, 0.05) is 0 Å². The summed E-state index contributed by atoms with van der Waals surface area (Å²) in [5.74, 6) is 0.320. The van der Waals surface area contributed by atoms with Gasteiger partial charge in [-0.1, -0.05) is 44.2 Å². The van der Waals surface area contributed by atoms with E-state index in [-0.39, 0.29) is 11.9 Å². The molecule has 0 aromatic heterocycles. The molecule has 4 nitrogen and oxygen atoms in total. The number of carbonyl (C=O) groups is 1. The van der Waals surface area contributed by atoms with Crippen LogP contribution < -0.4 is 5.73 Å². The molecule has 0 heterocycles. The van der Waals surface area contributed by atoms with Crippen LogP contribution in [-0.2, 0) is 20.9 Å². The van der Waals surface area contributed by atoms with Crippen molar-refractivity contribution in [2.75, 3.05) is 13.2 Å². The van der Waals surface area contributed by atoms with Gasteiger partial charge in [-0.05, 0) is 30.7 Å². The molecule has 0 aliphatic carbocycles. The van der Waals surface area contributed by atoms with E-state index in [1.54, 1.807) is 6.92 Å². The number of hydrogen-bond acceptors (Lipinski definition) is 4. The van der Waals surface area contributed by atoms with Crippen LogP contribution in [0.1, 0.15) is 32.8 Å². The molecule has 2 atom stereocenters. The molecule has 0 aliphatic heterocycles. The second-order valence-electron chi connectivity index (χ2n) is 5.60. The highest BCUT2D eigenvalue weighted by atomic mass is 16.5. The standard InChI is InChI=1S/C17H27NO3/c1-4-21-17(19)16(18)10-15(13(2)3)12-20-11-14-8-6-5-7-9-14/h5-9,13,15-16H,4,10-12,18H2,1-3H3/t15-,16+/m1/s1. The molecule has 0 bridgehead atoms. The molecule has 2 N–H and O–H groups in total. The van der Waals surface area contributed by atoms with Crippen molar-refractivity contribution < 1.29 is 14.3 Å². The molecule has 0 aliphatic rings. The zero-order valence-corrected chi connectivity index (χ0v) is 13.2. The highest BCUT2D eigenvalue weighted by molar-refractivity contribution is 5.75. The Labute approximate surface area is 127 Å². The van der Waals surface area contributed by atoms with E-state index in [1.807, 2.05) is 30.3 Å². The van der Waals surface area contributed by atoms with Crippen LogP contribution in [0.3, 0.4) is 0 Å². The average Bonchev–Trinajstić information content (AvgIpc) is 2.47. The van der Waals surface area contributed by atoms with Gasteiger partial charge in [-0.2, -0.15) is 0 Å². The second-order valence-corrected chi connectivity index (χ2v) is 5.60. The molecule has 0 unspecified atom stereocenters. The molecule has 0 radical (unpaired) electrons. The molecule has 0 saturated heterocycles. The topological polar surface area (TPSA) is 61.5 Å². The number of ether oxygens (including phenoxy) is 2. The monoisotopic (exact) mass is 293 g/mol. The Bertz CT molecular complexity index is 406. The SMILES string of the molecule is CCOC(=O)[C@@H](N)C[C@H](COCc1ccccc1)C(C)C. The Balaban J connectivity index is 2.41. The molecule has 0 fully saturated rings. The third-order valence-corrected chi connectivity index (χ3v) is 3.53. The Hall–Kier alpha value is -1.39. The van der Waals surface area contributed by atoms with Crippen molar-refractivity contribution in [1.29, 1.82) is 0 Å². The summed E-state index contributed by atoms with van der Waals surface area (Å²) in [4.78, 5) is 11.6. The molecule has 0 spiro atoms. The second kappa shape index (κ2) is 9.53. The Morgan fingerprint density at radius 2 is 1.90 bits per heavy atom. The highest BCUT2D eigenvalue weighted by Crippen LogP contribution is 2.18. The summed E-state index contributed by atoms with van der Waals surface area (Å²) < 4.78 is 10.7. The lowest BCUT2D eigenvalue weighted by Gasteiger charge is -2.23. The summed E-state index contributed by atoms with van der Waals surface area (Å²) in [7, 11) is 0. The number of benzene rings is 1. The smallest absolute Gasteiger partial charge is 0.322 e. The number of esters is 1. The van der Waals surface area contributed by atoms with Gasteiger partial charge in [0.25, 0.3) is 0 Å². The molecule has 4 heteroatoms. The third-order valence-electron chi connectivity index (χ3n) is 3.53. The minimum Gasteiger partial charge on any atom is -0.465 e. The summed E-state index contributed by atoms with van der Waals surface area (Å²) in [6, 6.07) is 9.48. The van der Waals surface area contributed by atoms with Crippen molar-refractivity contribution >= 4 is 5.97 Å². The highest BCUT2D eigenvalue weighted by Gasteiger charge is 2.22. The fourth-order valence-corrected chi connectivity index (χ4v) is 2.11. The molecule has 1 rings (SSSR count). The van der Waals surface area contributed by atoms with E-state index in [1.165, 1.54) is 0 Å². The molecule has 118 valence electrons. The molecule has 0 amide bonds. The van der Waals surface area contributed by atoms with E-state index < -0.39 is 6.04 Å². The summed E-state index contributed by atoms with van der Waals surface area (Å²) in [5, 5.41) is 0. The number of hydrogen-bond donors (Lipinski definition) is 1. The van der Waals surface area contributed by atoms with Crippen LogP contribution >= 0.6 is 0 Å². The first-order valence-electron chi connectivity index (χ1n) is 7.58. The van der Waals surface area contributed by atoms with Crippen LogP contribution in [0.5, 0.6) is 0 Å². The van der Waals surface area contributed by atoms with Crippen LogP contribution in [0.2, 0.25) is 0 Å². The van der Waals surface area contributed by atoms with Gasteiger partial charge >= 0.3 is 5.97 Å². The molecular formula is C17H27NO3. The first-order chi connectivity index (χ1) is 10.0. The van der Waals surface area contributed by atoms with E-state index in [4.69, 9.17) is 15.2 Å². The van der Waals surface area contributed by atoms with Crippen molar-refractivity contribution in [3.05, 3.63) is 35.9 Å². The zero-order chi connectivity index (χ0) is 15.7. The number of nitrogens with two attached hydrogens (primary N) is 1. The normalized spacial score (nSPS) is 14.0. The first-order valence-corrected chi connectivity index (χ1v) is 7.58. The quantitative estimate of drug-likeness (QED) is 0.711. The molecule has 0 saturated carbocycles. The Morgan fingerprint density at radius 1 is 1.24 bits per heavy atom. The molecule has 1 aromatic rings. The summed E-state index contributed by atoms with van der Waals surface area (Å²) in [6.45, 7) is 7.57. The van der Waals surface area contributed by atoms with Crippen molar-refractivity contribution in [3.63, 3.8) is 0 Å². The van der Waals surface area contributed by atoms with Gasteiger partial charge in [-0.3, -0.25) is 4.79 Å². The van der Waals surface area contributed by atoms with Crippen molar-refractivity contribution in [3.8, 4) is 0 Å². The molecular weight excluding hydrogens is 266 g/mol. The first kappa shape index (κ1) is 17.7. The lowest BCUT2D eigenvalue weighted by Crippen LogP contribution is -2.36. The van der Waals surface area contributed by atoms with E-state index in [0.29, 0.717) is 32.2 Å². The predicted octanol–water partition coefficient (Wildman–Crippen LogP) is 2.76. The van der Waals surface area contributed by atoms with E-state index in [9.17, 15) is 4.79 Å². The van der Waals surface area contributed by atoms with E-state index >= 15 is 0 Å². The lowest BCUT2D eigenvalue weighted by atomic mass is 9.90. The molecule has 1 aromatic carbocycles. The van der Waals surface area contributed by atoms with Crippen molar-refractivity contribution in [2.24, 2.45) is 17.6 Å². The third kappa shape index (κ3) is 6.74. The van der Waals surface area contributed by atoms with Crippen LogP contribution in [-0.4, -0.2) is 25.2 Å². The molecule has 21 heavy (non-hydrogen) atoms. The van der Waals surface area contributed by atoms with Crippen LogP contribution in [0.4, 0.5) is 0 Å². The van der Waals surface area contributed by atoms with Gasteiger partial charge in [0.1, 0.15) is 6.04 Å². The maximum atomic E-state index is 11.6. The van der Waals surface area contributed by atoms with Gasteiger partial charge < -0.3 is 15.2 Å². The minimum atomic E-state index is -0.572. The largest absolute Gasteiger partial charge is 0.465 e. The number of rotatable bonds is 9. The van der Waals surface area contributed by atoms with Crippen LogP contribution in [0.25, 0.3) is 0 Å². The van der Waals surface area contributed by atoms with Crippen LogP contribution in [0.15, 0.2) is 30.3 Å². The number of carbonyl (C=O) groups excluding carboxylic acids is 1. The fraction of sp³-hybridized carbons (Fsp3) is 0.588. The van der Waals surface area contributed by atoms with Crippen molar-refractivity contribution in [1.82, 2.24) is 0 Å². The van der Waals surface area contributed by atoms with E-state index in [2.05, 4.69) is 13.8 Å². The maximum Gasteiger partial charge on any atom is 0.322 e. The Morgan fingerprint density at radius 3 is 2.48 bits per heavy atom. The Kier molecular flexibility index (Phi) is 8.01. The van der Waals surface area contributed by atoms with Crippen molar-refractivity contribution in [2.45, 2.75) is 39.8 Å². The summed E-state index contributed by atoms with van der Waals surface area (Å²) in [5.41, 5.74) is 7.04. The fourth-order valence-electron chi connectivity index (χ4n) is 2.11. The van der Waals surface area contributed by atoms with Gasteiger partial charge in [0.2, 0.25) is 0 Å². The van der Waals surface area contributed by atoms with E-state index in [0.717, 1.165) is 5.56 Å². The van der Waals surface area contributed by atoms with Crippen LogP contribution in [0, 0.1) is 11.8 Å². The zero-order valence-electron chi connectivity index (χ0n) is 13.2. The lowest BCUT2D eigenvalue weighted by molar-refractivity contribution is -0.145. The summed E-state index contributed by atoms with van der Waals surface area (Å²) >= 11 is 0. The van der Waals surface area contributed by atoms with Gasteiger partial charge in [-0.15, -0.1) is 0 Å². The van der Waals surface area contributed by atoms with Gasteiger partial charge in [-0.25, -0.2) is 0 Å². The average molecular weight is 293 g/mol. The predicted molar refractivity (Wildman–Crippen MR) is 83.7 cm³/mol. The maximum absolute atomic E-state index is 11.6.